The summed E-state index contributed by atoms with van der Waals surface area (Å²) in [5, 5.41) is 0. The largest absolute Gasteiger partial charge is 2.00 e. The Kier molecular flexibility index (Phi) is 9.81. The predicted molar refractivity (Wildman–Crippen MR) is 173 cm³/mol. The van der Waals surface area contributed by atoms with E-state index in [0.29, 0.717) is 0 Å². The summed E-state index contributed by atoms with van der Waals surface area (Å²) in [6.07, 6.45) is 7.84. The Morgan fingerprint density at radius 1 is 0.390 bits per heavy atom. The molecule has 0 saturated heterocycles. The number of fused-ring (bicyclic) bond motifs is 8. The van der Waals surface area contributed by atoms with Gasteiger partial charge in [-0.2, -0.15) is 0 Å². The fourth-order valence-electron chi connectivity index (χ4n) is 7.10. The number of H-pyrrole nitrogens is 2. The summed E-state index contributed by atoms with van der Waals surface area (Å²) in [7, 11) is 0. The normalized spacial score (nSPS) is 13.3. The van der Waals surface area contributed by atoms with Crippen molar-refractivity contribution >= 4 is 44.4 Å². The van der Waals surface area contributed by atoms with E-state index in [0.717, 1.165) is 74.1 Å². The Morgan fingerprint density at radius 3 is 0.780 bits per heavy atom. The summed E-state index contributed by atoms with van der Waals surface area (Å²) >= 11 is 0. The van der Waals surface area contributed by atoms with Gasteiger partial charge in [-0.3, -0.25) is 0 Å². The Labute approximate surface area is 256 Å². The van der Waals surface area contributed by atoms with Crippen LogP contribution in [0, 0.1) is 0 Å². The number of nitrogens with zero attached hydrogens (tertiary/aromatic N) is 2. The molecular formula is C36H46CoN4+2. The second kappa shape index (κ2) is 13.0. The first-order valence-electron chi connectivity index (χ1n) is 15.7. The van der Waals surface area contributed by atoms with Crippen LogP contribution in [-0.2, 0) is 42.5 Å². The average Bonchev–Trinajstić information content (AvgIpc) is 3.67. The molecule has 0 saturated carbocycles. The van der Waals surface area contributed by atoms with Crippen molar-refractivity contribution in [3.8, 4) is 0 Å². The third-order valence-electron chi connectivity index (χ3n) is 8.97. The van der Waals surface area contributed by atoms with Gasteiger partial charge < -0.3 is 9.97 Å². The van der Waals surface area contributed by atoms with Crippen LogP contribution in [0.4, 0.5) is 0 Å². The zero-order chi connectivity index (χ0) is 28.6. The molecule has 0 amide bonds. The van der Waals surface area contributed by atoms with Crippen LogP contribution < -0.4 is 0 Å². The molecule has 0 aliphatic carbocycles. The minimum atomic E-state index is 0. The Hall–Kier alpha value is -2.89. The van der Waals surface area contributed by atoms with Gasteiger partial charge in [0.15, 0.2) is 0 Å². The van der Waals surface area contributed by atoms with Crippen LogP contribution in [0.2, 0.25) is 0 Å². The molecule has 41 heavy (non-hydrogen) atoms. The van der Waals surface area contributed by atoms with Crippen LogP contribution in [-0.4, -0.2) is 19.9 Å². The smallest absolute Gasteiger partial charge is 0.355 e. The van der Waals surface area contributed by atoms with Gasteiger partial charge in [0.05, 0.1) is 22.8 Å². The number of aryl methyl sites for hydroxylation is 4. The van der Waals surface area contributed by atoms with Crippen molar-refractivity contribution in [3.05, 3.63) is 69.3 Å². The summed E-state index contributed by atoms with van der Waals surface area (Å²) in [4.78, 5) is 18.2. The summed E-state index contributed by atoms with van der Waals surface area (Å²) in [6, 6.07) is 9.24. The molecule has 5 heterocycles. The van der Waals surface area contributed by atoms with E-state index < -0.39 is 0 Å². The first-order valence-corrected chi connectivity index (χ1v) is 15.7. The molecule has 0 spiro atoms. The molecule has 2 aliphatic heterocycles. The third kappa shape index (κ3) is 5.28. The van der Waals surface area contributed by atoms with E-state index in [1.54, 1.807) is 0 Å². The van der Waals surface area contributed by atoms with E-state index >= 15 is 0 Å². The van der Waals surface area contributed by atoms with Crippen molar-refractivity contribution in [1.82, 2.24) is 19.9 Å². The number of hydrogen-bond donors (Lipinski definition) is 2. The van der Waals surface area contributed by atoms with Crippen molar-refractivity contribution < 1.29 is 16.8 Å². The van der Waals surface area contributed by atoms with Gasteiger partial charge in [0, 0.05) is 22.1 Å². The second-order valence-electron chi connectivity index (χ2n) is 10.9. The fraction of sp³-hybridized carbons (Fsp3) is 0.444. The van der Waals surface area contributed by atoms with Crippen LogP contribution in [0.3, 0.4) is 0 Å². The zero-order valence-corrected chi connectivity index (χ0v) is 27.2. The third-order valence-corrected chi connectivity index (χ3v) is 8.97. The molecule has 217 valence electrons. The van der Waals surface area contributed by atoms with Gasteiger partial charge in [-0.05, 0) is 120 Å². The van der Waals surface area contributed by atoms with Crippen LogP contribution in [0.1, 0.15) is 126 Å². The summed E-state index contributed by atoms with van der Waals surface area (Å²) in [5.74, 6) is 0. The molecule has 1 radical (unpaired) electrons. The maximum atomic E-state index is 5.29. The van der Waals surface area contributed by atoms with Gasteiger partial charge in [0.25, 0.3) is 0 Å². The van der Waals surface area contributed by atoms with Crippen LogP contribution in [0.5, 0.6) is 0 Å². The van der Waals surface area contributed by atoms with Gasteiger partial charge >= 0.3 is 16.8 Å². The van der Waals surface area contributed by atoms with E-state index in [2.05, 4.69) is 89.6 Å². The molecule has 0 fully saturated rings. The van der Waals surface area contributed by atoms with Crippen molar-refractivity contribution in [2.24, 2.45) is 0 Å². The SMILES string of the molecule is CCC1=C(CC)c2cc3[nH]c(cc4nc(cc5[nH]c(cc1n2)c(CC)c5CC)C(CC)=C4CC)c(CC)c3CC.[Co+2]. The number of rotatable bonds is 8. The predicted octanol–water partition coefficient (Wildman–Crippen LogP) is 10.0. The molecule has 0 unspecified atom stereocenters. The molecule has 2 N–H and O–H groups in total. The first kappa shape index (κ1) is 31.1. The number of aromatic amines is 2. The summed E-state index contributed by atoms with van der Waals surface area (Å²) in [5.41, 5.74) is 20.2. The number of allylic oxidation sites excluding steroid dienone is 4. The average molecular weight is 594 g/mol. The molecule has 3 aromatic heterocycles. The van der Waals surface area contributed by atoms with Crippen molar-refractivity contribution in [2.75, 3.05) is 0 Å². The van der Waals surface area contributed by atoms with Crippen molar-refractivity contribution in [1.29, 1.82) is 0 Å². The number of nitrogens with one attached hydrogen (secondary N) is 2. The molecule has 4 nitrogen and oxygen atoms in total. The first-order chi connectivity index (χ1) is 19.5. The van der Waals surface area contributed by atoms with E-state index in [1.165, 1.54) is 66.6 Å². The van der Waals surface area contributed by atoms with E-state index in [9.17, 15) is 0 Å². The zero-order valence-electron chi connectivity index (χ0n) is 26.2. The van der Waals surface area contributed by atoms with Gasteiger partial charge in [-0.25, -0.2) is 9.97 Å². The van der Waals surface area contributed by atoms with Gasteiger partial charge in [-0.1, -0.05) is 55.4 Å². The monoisotopic (exact) mass is 593 g/mol. The summed E-state index contributed by atoms with van der Waals surface area (Å²) in [6.45, 7) is 18.1. The van der Waals surface area contributed by atoms with Crippen molar-refractivity contribution in [2.45, 2.75) is 107 Å². The van der Waals surface area contributed by atoms with Crippen LogP contribution >= 0.6 is 0 Å². The number of aromatic nitrogens is 4. The van der Waals surface area contributed by atoms with Crippen molar-refractivity contribution in [3.63, 3.8) is 0 Å². The second-order valence-corrected chi connectivity index (χ2v) is 10.9. The van der Waals surface area contributed by atoms with Gasteiger partial charge in [0.2, 0.25) is 0 Å². The molecule has 8 bridgehead atoms. The van der Waals surface area contributed by atoms with E-state index in [1.807, 2.05) is 0 Å². The van der Waals surface area contributed by atoms with Gasteiger partial charge in [0.1, 0.15) is 0 Å². The van der Waals surface area contributed by atoms with Gasteiger partial charge in [-0.15, -0.1) is 0 Å². The molecule has 2 aliphatic rings. The molecule has 0 aromatic carbocycles. The fourth-order valence-corrected chi connectivity index (χ4v) is 7.10. The minimum absolute atomic E-state index is 0. The topological polar surface area (TPSA) is 57.4 Å². The van der Waals surface area contributed by atoms with E-state index in [-0.39, 0.29) is 16.8 Å². The van der Waals surface area contributed by atoms with Crippen LogP contribution in [0.25, 0.3) is 44.4 Å². The Morgan fingerprint density at radius 2 is 0.610 bits per heavy atom. The molecule has 0 atom stereocenters. The van der Waals surface area contributed by atoms with Crippen LogP contribution in [0.15, 0.2) is 24.3 Å². The Bertz CT molecular complexity index is 1440. The standard InChI is InChI=1S/C36H46N4.Co/c1-9-21-22(10-2)30-18-32-25(13-5)26(14-6)34(39-32)20-36-28(16-8)27(15-7)35(40-36)19-33-24(12-4)23(11-3)31(38-33)17-29(21)37-30;/h17-20,37,40H,9-16H2,1-8H3;/q;+2. The molecule has 5 heteroatoms. The summed E-state index contributed by atoms with van der Waals surface area (Å²) < 4.78 is 0. The maximum Gasteiger partial charge on any atom is 2.00 e. The number of hydrogen-bond acceptors (Lipinski definition) is 2. The minimum Gasteiger partial charge on any atom is -0.355 e. The molecule has 3 aromatic rings. The maximum absolute atomic E-state index is 5.29. The molecule has 5 rings (SSSR count). The Balaban J connectivity index is 0.00000387. The molecular weight excluding hydrogens is 547 g/mol. The van der Waals surface area contributed by atoms with E-state index in [4.69, 9.17) is 9.97 Å². The quantitative estimate of drug-likeness (QED) is 0.273.